The van der Waals surface area contributed by atoms with Crippen LogP contribution >= 0.6 is 0 Å². The van der Waals surface area contributed by atoms with Gasteiger partial charge in [0, 0.05) is 13.0 Å². The maximum absolute atomic E-state index is 13.8. The molecule has 0 aliphatic carbocycles. The summed E-state index contributed by atoms with van der Waals surface area (Å²) in [5, 5.41) is 2.34. The maximum Gasteiger partial charge on any atom is 0.409 e. The van der Waals surface area contributed by atoms with Crippen molar-refractivity contribution in [1.29, 1.82) is 0 Å². The second-order valence-corrected chi connectivity index (χ2v) is 6.41. The number of hydrogen-bond donors (Lipinski definition) is 1. The molecule has 1 fully saturated rings. The van der Waals surface area contributed by atoms with E-state index in [0.717, 1.165) is 16.0 Å². The van der Waals surface area contributed by atoms with E-state index in [1.54, 1.807) is 12.1 Å². The van der Waals surface area contributed by atoms with E-state index in [9.17, 15) is 18.0 Å². The molecule has 1 amide bonds. The van der Waals surface area contributed by atoms with Gasteiger partial charge in [0.1, 0.15) is 0 Å². The van der Waals surface area contributed by atoms with Gasteiger partial charge in [0.2, 0.25) is 5.91 Å². The van der Waals surface area contributed by atoms with Crippen LogP contribution in [0.4, 0.5) is 13.2 Å². The van der Waals surface area contributed by atoms with Crippen molar-refractivity contribution in [2.24, 2.45) is 0 Å². The number of benzene rings is 2. The molecular weight excluding hydrogens is 317 g/mol. The lowest BCUT2D eigenvalue weighted by Crippen LogP contribution is -2.43. The van der Waals surface area contributed by atoms with E-state index in [0.29, 0.717) is 5.39 Å². The number of hydrogen-bond acceptors (Lipinski definition) is 2. The molecule has 1 N–H and O–H groups in total. The Morgan fingerprint density at radius 2 is 1.92 bits per heavy atom. The first kappa shape index (κ1) is 16.8. The van der Waals surface area contributed by atoms with Crippen LogP contribution in [0.15, 0.2) is 36.4 Å². The summed E-state index contributed by atoms with van der Waals surface area (Å²) in [6, 6.07) is 8.69. The highest BCUT2D eigenvalue weighted by Gasteiger charge is 2.47. The van der Waals surface area contributed by atoms with Crippen molar-refractivity contribution >= 4 is 16.7 Å². The molecule has 0 bridgehead atoms. The third-order valence-corrected chi connectivity index (χ3v) is 4.37. The Morgan fingerprint density at radius 1 is 1.17 bits per heavy atom. The molecule has 3 rings (SSSR count). The minimum atomic E-state index is -4.49. The van der Waals surface area contributed by atoms with E-state index < -0.39 is 12.2 Å². The maximum atomic E-state index is 13.8. The Labute approximate surface area is 138 Å². The molecule has 0 aromatic heterocycles. The van der Waals surface area contributed by atoms with Gasteiger partial charge >= 0.3 is 6.18 Å². The normalized spacial score (nSPS) is 17.5. The third kappa shape index (κ3) is 3.11. The van der Waals surface area contributed by atoms with Crippen LogP contribution in [0, 0.1) is 0 Å². The minimum Gasteiger partial charge on any atom is -0.288 e. The largest absolute Gasteiger partial charge is 0.409 e. The van der Waals surface area contributed by atoms with Gasteiger partial charge in [0.15, 0.2) is 6.04 Å². The smallest absolute Gasteiger partial charge is 0.288 e. The van der Waals surface area contributed by atoms with Crippen LogP contribution in [0.5, 0.6) is 0 Å². The number of nitrogens with one attached hydrogen (secondary N) is 1. The number of alkyl halides is 3. The lowest BCUT2D eigenvalue weighted by Gasteiger charge is -2.30. The molecule has 1 saturated heterocycles. The molecule has 0 radical (unpaired) electrons. The predicted molar refractivity (Wildman–Crippen MR) is 86.3 cm³/mol. The highest BCUT2D eigenvalue weighted by molar-refractivity contribution is 5.87. The van der Waals surface area contributed by atoms with E-state index in [1.165, 1.54) is 6.07 Å². The zero-order valence-corrected chi connectivity index (χ0v) is 13.5. The van der Waals surface area contributed by atoms with Crippen LogP contribution in [0.3, 0.4) is 0 Å². The average molecular weight is 336 g/mol. The Hall–Kier alpha value is -2.08. The predicted octanol–water partition coefficient (Wildman–Crippen LogP) is 4.30. The van der Waals surface area contributed by atoms with E-state index >= 15 is 0 Å². The van der Waals surface area contributed by atoms with E-state index in [-0.39, 0.29) is 30.4 Å². The van der Waals surface area contributed by atoms with E-state index in [4.69, 9.17) is 0 Å². The second-order valence-electron chi connectivity index (χ2n) is 6.41. The summed E-state index contributed by atoms with van der Waals surface area (Å²) in [5.74, 6) is -0.161. The number of amides is 1. The zero-order chi connectivity index (χ0) is 17.5. The van der Waals surface area contributed by atoms with Gasteiger partial charge in [-0.05, 0) is 27.8 Å². The molecule has 128 valence electrons. The molecule has 24 heavy (non-hydrogen) atoms. The van der Waals surface area contributed by atoms with Gasteiger partial charge in [0.05, 0.1) is 0 Å². The average Bonchev–Trinajstić information content (AvgIpc) is 2.91. The van der Waals surface area contributed by atoms with Gasteiger partial charge < -0.3 is 0 Å². The van der Waals surface area contributed by atoms with Gasteiger partial charge in [-0.25, -0.2) is 5.01 Å². The Kier molecular flexibility index (Phi) is 4.25. The Morgan fingerprint density at radius 3 is 2.50 bits per heavy atom. The van der Waals surface area contributed by atoms with Gasteiger partial charge in [-0.2, -0.15) is 13.2 Å². The Bertz CT molecular complexity index is 770. The first-order valence-corrected chi connectivity index (χ1v) is 7.93. The summed E-state index contributed by atoms with van der Waals surface area (Å²) < 4.78 is 41.3. The van der Waals surface area contributed by atoms with Crippen molar-refractivity contribution in [3.63, 3.8) is 0 Å². The molecule has 1 atom stereocenters. The summed E-state index contributed by atoms with van der Waals surface area (Å²) in [5.41, 5.74) is 3.49. The van der Waals surface area contributed by atoms with Crippen molar-refractivity contribution in [2.75, 3.05) is 6.54 Å². The number of nitrogens with zero attached hydrogens (tertiary/aromatic N) is 1. The zero-order valence-electron chi connectivity index (χ0n) is 13.5. The first-order valence-electron chi connectivity index (χ1n) is 7.93. The van der Waals surface area contributed by atoms with Crippen molar-refractivity contribution in [3.05, 3.63) is 47.5 Å². The minimum absolute atomic E-state index is 0.0449. The van der Waals surface area contributed by atoms with Crippen molar-refractivity contribution in [1.82, 2.24) is 10.4 Å². The molecule has 2 aromatic carbocycles. The monoisotopic (exact) mass is 336 g/mol. The molecule has 3 nitrogen and oxygen atoms in total. The topological polar surface area (TPSA) is 32.3 Å². The molecule has 0 saturated carbocycles. The van der Waals surface area contributed by atoms with Crippen LogP contribution in [-0.2, 0) is 4.79 Å². The number of halogens is 3. The molecule has 1 heterocycles. The summed E-state index contributed by atoms with van der Waals surface area (Å²) in [6.45, 7) is 4.06. The van der Waals surface area contributed by atoms with Crippen molar-refractivity contribution < 1.29 is 18.0 Å². The summed E-state index contributed by atoms with van der Waals surface area (Å²) >= 11 is 0. The lowest BCUT2D eigenvalue weighted by molar-refractivity contribution is -0.190. The van der Waals surface area contributed by atoms with Crippen molar-refractivity contribution in [3.8, 4) is 0 Å². The standard InChI is InChI=1S/C18H19F3N2O/c1-11(2)13-7-6-12-4-3-5-14(15(12)10-13)17(18(19,20)21)23-9-8-16(24)22-23/h3-7,10-11,17H,8-9H2,1-2H3,(H,22,24)/t17-/m0/s1. The SMILES string of the molecule is CC(C)c1ccc2cccc([C@H](N3CCC(=O)N3)C(F)(F)F)c2c1. The molecule has 1 aliphatic rings. The number of fused-ring (bicyclic) bond motifs is 1. The fourth-order valence-corrected chi connectivity index (χ4v) is 3.12. The van der Waals surface area contributed by atoms with Gasteiger partial charge in [0.25, 0.3) is 0 Å². The van der Waals surface area contributed by atoms with E-state index in [2.05, 4.69) is 5.43 Å². The van der Waals surface area contributed by atoms with Crippen LogP contribution in [0.2, 0.25) is 0 Å². The van der Waals surface area contributed by atoms with Crippen LogP contribution in [0.1, 0.15) is 43.4 Å². The molecule has 0 unspecified atom stereocenters. The lowest BCUT2D eigenvalue weighted by atomic mass is 9.93. The summed E-state index contributed by atoms with van der Waals surface area (Å²) in [7, 11) is 0. The molecule has 1 aliphatic heterocycles. The quantitative estimate of drug-likeness (QED) is 0.906. The first-order chi connectivity index (χ1) is 11.3. The fourth-order valence-electron chi connectivity index (χ4n) is 3.12. The van der Waals surface area contributed by atoms with Crippen LogP contribution < -0.4 is 5.43 Å². The number of carbonyl (C=O) groups excluding carboxylic acids is 1. The highest BCUT2D eigenvalue weighted by Crippen LogP contribution is 2.41. The number of hydrazine groups is 1. The van der Waals surface area contributed by atoms with Crippen LogP contribution in [-0.4, -0.2) is 23.6 Å². The van der Waals surface area contributed by atoms with Crippen LogP contribution in [0.25, 0.3) is 10.8 Å². The fraction of sp³-hybridized carbons (Fsp3) is 0.389. The Balaban J connectivity index is 2.16. The number of carbonyl (C=O) groups is 1. The number of rotatable bonds is 3. The molecular formula is C18H19F3N2O. The molecule has 6 heteroatoms. The summed E-state index contributed by atoms with van der Waals surface area (Å²) in [4.78, 5) is 11.4. The summed E-state index contributed by atoms with van der Waals surface area (Å²) in [6.07, 6.45) is -4.41. The van der Waals surface area contributed by atoms with E-state index in [1.807, 2.05) is 32.0 Å². The molecule has 0 spiro atoms. The van der Waals surface area contributed by atoms with Gasteiger partial charge in [-0.1, -0.05) is 50.2 Å². The van der Waals surface area contributed by atoms with Gasteiger partial charge in [-0.3, -0.25) is 10.2 Å². The molecule has 2 aromatic rings. The van der Waals surface area contributed by atoms with Crippen molar-refractivity contribution in [2.45, 2.75) is 38.4 Å². The highest BCUT2D eigenvalue weighted by atomic mass is 19.4. The van der Waals surface area contributed by atoms with Gasteiger partial charge in [-0.15, -0.1) is 0 Å². The third-order valence-electron chi connectivity index (χ3n) is 4.37. The second kappa shape index (κ2) is 6.09.